The van der Waals surface area contributed by atoms with Gasteiger partial charge >= 0.3 is 0 Å². The molecule has 0 amide bonds. The van der Waals surface area contributed by atoms with Gasteiger partial charge < -0.3 is 10.2 Å². The molecule has 0 atom stereocenters. The Morgan fingerprint density at radius 1 is 1.00 bits per heavy atom. The first-order valence-corrected chi connectivity index (χ1v) is 3.55. The average molecular weight is 246 g/mol. The van der Waals surface area contributed by atoms with Crippen LogP contribution in [0.25, 0.3) is 0 Å². The normalized spacial score (nSPS) is 13.5. The number of rotatable bonds is 2. The second-order valence-corrected chi connectivity index (χ2v) is 3.04. The highest BCUT2D eigenvalue weighted by Gasteiger charge is 1.94. The Morgan fingerprint density at radius 3 is 1.38 bits per heavy atom. The molecule has 48 valence electrons. The highest BCUT2D eigenvalue weighted by atomic mass is 79.9. The van der Waals surface area contributed by atoms with Crippen LogP contribution in [0.4, 0.5) is 0 Å². The quantitative estimate of drug-likeness (QED) is 0.762. The zero-order chi connectivity index (χ0) is 6.57. The molecule has 8 heavy (non-hydrogen) atoms. The zero-order valence-electron chi connectivity index (χ0n) is 4.06. The van der Waals surface area contributed by atoms with Crippen molar-refractivity contribution in [2.24, 2.45) is 0 Å². The molecule has 0 spiro atoms. The van der Waals surface area contributed by atoms with Gasteiger partial charge in [-0.2, -0.15) is 0 Å². The first kappa shape index (κ1) is 8.62. The number of aliphatic hydroxyl groups excluding tert-OH is 2. The van der Waals surface area contributed by atoms with Gasteiger partial charge in [-0.1, -0.05) is 31.9 Å². The monoisotopic (exact) mass is 244 g/mol. The molecule has 0 aromatic carbocycles. The molecule has 0 aliphatic heterocycles. The van der Waals surface area contributed by atoms with E-state index in [1.807, 2.05) is 0 Å². The largest absolute Gasteiger partial charge is 0.391 e. The van der Waals surface area contributed by atoms with Crippen molar-refractivity contribution in [3.63, 3.8) is 0 Å². The van der Waals surface area contributed by atoms with Crippen molar-refractivity contribution >= 4 is 31.9 Å². The smallest absolute Gasteiger partial charge is 0.0755 e. The van der Waals surface area contributed by atoms with Crippen LogP contribution < -0.4 is 0 Å². The predicted octanol–water partition coefficient (Wildman–Crippen LogP) is 0.972. The molecule has 4 heteroatoms. The fourth-order valence-corrected chi connectivity index (χ4v) is 0.422. The number of hydrogen-bond donors (Lipinski definition) is 2. The van der Waals surface area contributed by atoms with E-state index in [1.165, 1.54) is 0 Å². The number of hydrogen-bond acceptors (Lipinski definition) is 2. The van der Waals surface area contributed by atoms with Gasteiger partial charge in [-0.25, -0.2) is 0 Å². The van der Waals surface area contributed by atoms with Crippen molar-refractivity contribution in [3.05, 3.63) is 8.96 Å². The van der Waals surface area contributed by atoms with Crippen LogP contribution in [-0.2, 0) is 0 Å². The molecule has 0 rings (SSSR count). The maximum absolute atomic E-state index is 8.39. The molecule has 2 N–H and O–H groups in total. The molecule has 0 bridgehead atoms. The second-order valence-electron chi connectivity index (χ2n) is 1.13. The van der Waals surface area contributed by atoms with Crippen molar-refractivity contribution in [2.75, 3.05) is 13.2 Å². The lowest BCUT2D eigenvalue weighted by Gasteiger charge is -1.94. The average Bonchev–Trinajstić information content (AvgIpc) is 1.84. The Bertz CT molecular complexity index is 88.2. The number of aliphatic hydroxyl groups is 2. The standard InChI is InChI=1S/C4H6Br2O2/c5-3(1-7)4(6)2-8/h7-8H,1-2H2/b4-3+. The summed E-state index contributed by atoms with van der Waals surface area (Å²) >= 11 is 6.05. The van der Waals surface area contributed by atoms with Crippen LogP contribution in [0, 0.1) is 0 Å². The summed E-state index contributed by atoms with van der Waals surface area (Å²) in [7, 11) is 0. The highest BCUT2D eigenvalue weighted by Crippen LogP contribution is 2.15. The summed E-state index contributed by atoms with van der Waals surface area (Å²) in [4.78, 5) is 0. The van der Waals surface area contributed by atoms with E-state index in [0.29, 0.717) is 8.96 Å². The Hall–Kier alpha value is 0.620. The predicted molar refractivity (Wildman–Crippen MR) is 39.1 cm³/mol. The molecule has 0 fully saturated rings. The third-order valence-electron chi connectivity index (χ3n) is 0.572. The van der Waals surface area contributed by atoms with E-state index in [2.05, 4.69) is 31.9 Å². The van der Waals surface area contributed by atoms with Crippen molar-refractivity contribution < 1.29 is 10.2 Å². The molecule has 2 nitrogen and oxygen atoms in total. The first-order chi connectivity index (χ1) is 3.72. The third kappa shape index (κ3) is 2.81. The van der Waals surface area contributed by atoms with E-state index < -0.39 is 0 Å². The van der Waals surface area contributed by atoms with Gasteiger partial charge in [-0.05, 0) is 0 Å². The minimum atomic E-state index is -0.0822. The van der Waals surface area contributed by atoms with Gasteiger partial charge in [-0.15, -0.1) is 0 Å². The summed E-state index contributed by atoms with van der Waals surface area (Å²) in [5, 5.41) is 16.8. The SMILES string of the molecule is OC/C(Br)=C(\Br)CO. The van der Waals surface area contributed by atoms with E-state index in [1.54, 1.807) is 0 Å². The summed E-state index contributed by atoms with van der Waals surface area (Å²) in [6.07, 6.45) is 0. The van der Waals surface area contributed by atoms with E-state index in [9.17, 15) is 0 Å². The van der Waals surface area contributed by atoms with Crippen LogP contribution in [0.15, 0.2) is 8.96 Å². The summed E-state index contributed by atoms with van der Waals surface area (Å²) in [6.45, 7) is -0.164. The van der Waals surface area contributed by atoms with Gasteiger partial charge in [0.1, 0.15) is 0 Å². The Kier molecular flexibility index (Phi) is 4.84. The summed E-state index contributed by atoms with van der Waals surface area (Å²) in [5.41, 5.74) is 0. The van der Waals surface area contributed by atoms with E-state index in [0.717, 1.165) is 0 Å². The summed E-state index contributed by atoms with van der Waals surface area (Å²) < 4.78 is 1.17. The second kappa shape index (κ2) is 4.49. The lowest BCUT2D eigenvalue weighted by atomic mass is 10.5. The Labute approximate surface area is 64.5 Å². The molecule has 0 unspecified atom stereocenters. The molecule has 0 aliphatic rings. The minimum Gasteiger partial charge on any atom is -0.391 e. The molecule has 0 aromatic rings. The van der Waals surface area contributed by atoms with Crippen LogP contribution in [0.2, 0.25) is 0 Å². The van der Waals surface area contributed by atoms with Gasteiger partial charge in [0.2, 0.25) is 0 Å². The molecular weight excluding hydrogens is 240 g/mol. The van der Waals surface area contributed by atoms with E-state index in [-0.39, 0.29) is 13.2 Å². The highest BCUT2D eigenvalue weighted by molar-refractivity contribution is 9.14. The Morgan fingerprint density at radius 2 is 1.25 bits per heavy atom. The maximum atomic E-state index is 8.39. The van der Waals surface area contributed by atoms with Crippen LogP contribution in [0.1, 0.15) is 0 Å². The lowest BCUT2D eigenvalue weighted by Crippen LogP contribution is -1.88. The van der Waals surface area contributed by atoms with E-state index >= 15 is 0 Å². The van der Waals surface area contributed by atoms with Crippen LogP contribution >= 0.6 is 31.9 Å². The van der Waals surface area contributed by atoms with Gasteiger partial charge in [0.25, 0.3) is 0 Å². The maximum Gasteiger partial charge on any atom is 0.0755 e. The molecular formula is C4H6Br2O2. The number of halogens is 2. The van der Waals surface area contributed by atoms with Crippen LogP contribution in [0.3, 0.4) is 0 Å². The van der Waals surface area contributed by atoms with Crippen molar-refractivity contribution in [1.82, 2.24) is 0 Å². The minimum absolute atomic E-state index is 0.0822. The molecule has 0 aromatic heterocycles. The van der Waals surface area contributed by atoms with Gasteiger partial charge in [-0.3, -0.25) is 0 Å². The van der Waals surface area contributed by atoms with Crippen LogP contribution in [0.5, 0.6) is 0 Å². The molecule has 0 saturated heterocycles. The fourth-order valence-electron chi connectivity index (χ4n) is 0.172. The molecule has 0 radical (unpaired) electrons. The topological polar surface area (TPSA) is 40.5 Å². The molecule has 0 aliphatic carbocycles. The van der Waals surface area contributed by atoms with Crippen LogP contribution in [-0.4, -0.2) is 23.4 Å². The molecule has 0 heterocycles. The van der Waals surface area contributed by atoms with Gasteiger partial charge in [0, 0.05) is 8.96 Å². The molecule has 0 saturated carbocycles. The van der Waals surface area contributed by atoms with Crippen molar-refractivity contribution in [2.45, 2.75) is 0 Å². The zero-order valence-corrected chi connectivity index (χ0v) is 7.24. The third-order valence-corrected chi connectivity index (χ3v) is 2.56. The Balaban J connectivity index is 3.83. The lowest BCUT2D eigenvalue weighted by molar-refractivity contribution is 0.325. The first-order valence-electron chi connectivity index (χ1n) is 1.97. The van der Waals surface area contributed by atoms with Crippen molar-refractivity contribution in [1.29, 1.82) is 0 Å². The van der Waals surface area contributed by atoms with Crippen molar-refractivity contribution in [3.8, 4) is 0 Å². The van der Waals surface area contributed by atoms with E-state index in [4.69, 9.17) is 10.2 Å². The van der Waals surface area contributed by atoms with Gasteiger partial charge in [0.15, 0.2) is 0 Å². The summed E-state index contributed by atoms with van der Waals surface area (Å²) in [5.74, 6) is 0. The summed E-state index contributed by atoms with van der Waals surface area (Å²) in [6, 6.07) is 0. The fraction of sp³-hybridized carbons (Fsp3) is 0.500. The van der Waals surface area contributed by atoms with Gasteiger partial charge in [0.05, 0.1) is 13.2 Å².